The van der Waals surface area contributed by atoms with E-state index in [9.17, 15) is 18.4 Å². The third-order valence-corrected chi connectivity index (χ3v) is 6.36. The highest BCUT2D eigenvalue weighted by Crippen LogP contribution is 2.45. The number of esters is 1. The van der Waals surface area contributed by atoms with Crippen molar-refractivity contribution in [2.24, 2.45) is 4.99 Å². The van der Waals surface area contributed by atoms with Crippen molar-refractivity contribution in [2.75, 3.05) is 0 Å². The molecule has 2 heterocycles. The number of nitrogens with zero attached hydrogens (tertiary/aromatic N) is 2. The number of amidine groups is 1. The number of ether oxygens (including phenoxy) is 1. The second-order valence-corrected chi connectivity index (χ2v) is 9.32. The fourth-order valence-electron chi connectivity index (χ4n) is 3.93. The van der Waals surface area contributed by atoms with E-state index in [1.807, 2.05) is 5.41 Å². The highest BCUT2D eigenvalue weighted by molar-refractivity contribution is 8.16. The standard InChI is InChI=1S/C26H25F2N3O3S/c1-15(2)34-25(33)23-16(3)30-26-31(24(23)18-5-4-6-20(28)11-18)21(14-35-26)12-22(32)29-13-17-7-9-19(27)10-8-17/h4-11,14-15,24H,12-13H2,1-3H3,(H,29,32). The van der Waals surface area contributed by atoms with E-state index in [0.29, 0.717) is 27.7 Å². The van der Waals surface area contributed by atoms with Gasteiger partial charge in [-0.25, -0.2) is 18.6 Å². The van der Waals surface area contributed by atoms with Gasteiger partial charge in [-0.2, -0.15) is 0 Å². The number of carbonyl (C=O) groups is 2. The van der Waals surface area contributed by atoms with Gasteiger partial charge in [0, 0.05) is 12.2 Å². The lowest BCUT2D eigenvalue weighted by Crippen LogP contribution is -2.38. The van der Waals surface area contributed by atoms with Gasteiger partial charge in [0.25, 0.3) is 0 Å². The zero-order chi connectivity index (χ0) is 25.1. The third kappa shape index (κ3) is 5.62. The summed E-state index contributed by atoms with van der Waals surface area (Å²) in [6, 6.07) is 11.2. The molecule has 0 bridgehead atoms. The number of hydrogen-bond donors (Lipinski definition) is 1. The van der Waals surface area contributed by atoms with Crippen LogP contribution in [0.1, 0.15) is 44.4 Å². The van der Waals surface area contributed by atoms with Crippen molar-refractivity contribution in [2.45, 2.75) is 45.9 Å². The molecule has 0 aliphatic carbocycles. The van der Waals surface area contributed by atoms with Crippen molar-refractivity contribution in [3.05, 3.63) is 93.7 Å². The van der Waals surface area contributed by atoms with Crippen LogP contribution in [0.25, 0.3) is 0 Å². The number of aliphatic imine (C=N–C) groups is 1. The Balaban J connectivity index is 1.60. The summed E-state index contributed by atoms with van der Waals surface area (Å²) in [5.74, 6) is -1.57. The monoisotopic (exact) mass is 497 g/mol. The van der Waals surface area contributed by atoms with Crippen molar-refractivity contribution >= 4 is 28.8 Å². The Morgan fingerprint density at radius 2 is 1.89 bits per heavy atom. The number of allylic oxidation sites excluding steroid dienone is 1. The van der Waals surface area contributed by atoms with Gasteiger partial charge in [0.05, 0.1) is 29.8 Å². The zero-order valence-corrected chi connectivity index (χ0v) is 20.4. The van der Waals surface area contributed by atoms with Crippen molar-refractivity contribution in [1.29, 1.82) is 0 Å². The number of amides is 1. The molecule has 2 aliphatic rings. The van der Waals surface area contributed by atoms with Gasteiger partial charge in [0.2, 0.25) is 5.91 Å². The highest BCUT2D eigenvalue weighted by atomic mass is 32.2. The average Bonchev–Trinajstić information content (AvgIpc) is 3.19. The summed E-state index contributed by atoms with van der Waals surface area (Å²) in [6.07, 6.45) is -0.327. The van der Waals surface area contributed by atoms with Crippen LogP contribution in [0.3, 0.4) is 0 Å². The molecule has 1 unspecified atom stereocenters. The van der Waals surface area contributed by atoms with Crippen LogP contribution in [-0.4, -0.2) is 28.0 Å². The van der Waals surface area contributed by atoms with Crippen molar-refractivity contribution in [3.63, 3.8) is 0 Å². The van der Waals surface area contributed by atoms with E-state index < -0.39 is 17.8 Å². The molecule has 1 N–H and O–H groups in total. The molecule has 0 fully saturated rings. The van der Waals surface area contributed by atoms with E-state index in [2.05, 4.69) is 10.3 Å². The number of halogens is 2. The first-order chi connectivity index (χ1) is 16.7. The number of benzene rings is 2. The second kappa shape index (κ2) is 10.4. The maximum Gasteiger partial charge on any atom is 0.338 e. The molecular formula is C26H25F2N3O3S. The summed E-state index contributed by atoms with van der Waals surface area (Å²) >= 11 is 1.34. The van der Waals surface area contributed by atoms with E-state index in [1.54, 1.807) is 49.9 Å². The number of thioether (sulfide) groups is 1. The van der Waals surface area contributed by atoms with Gasteiger partial charge in [-0.15, -0.1) is 0 Å². The first kappa shape index (κ1) is 24.7. The van der Waals surface area contributed by atoms with Crippen LogP contribution in [0, 0.1) is 11.6 Å². The smallest absolute Gasteiger partial charge is 0.338 e. The fourth-order valence-corrected chi connectivity index (χ4v) is 4.89. The molecular weight excluding hydrogens is 472 g/mol. The summed E-state index contributed by atoms with van der Waals surface area (Å²) in [5, 5.41) is 5.24. The van der Waals surface area contributed by atoms with Crippen LogP contribution in [0.4, 0.5) is 8.78 Å². The van der Waals surface area contributed by atoms with E-state index in [-0.39, 0.29) is 30.8 Å². The Bertz CT molecular complexity index is 1240. The number of nitrogens with one attached hydrogen (secondary N) is 1. The molecule has 2 aliphatic heterocycles. The molecule has 2 aromatic rings. The van der Waals surface area contributed by atoms with Gasteiger partial charge in [-0.1, -0.05) is 36.0 Å². The van der Waals surface area contributed by atoms with Crippen LogP contribution >= 0.6 is 11.8 Å². The molecule has 35 heavy (non-hydrogen) atoms. The maximum atomic E-state index is 14.2. The van der Waals surface area contributed by atoms with Gasteiger partial charge in [-0.05, 0) is 61.6 Å². The first-order valence-electron chi connectivity index (χ1n) is 11.1. The SMILES string of the molecule is CC1=C(C(=O)OC(C)C)C(c2cccc(F)c2)N2C(CC(=O)NCc3ccc(F)cc3)=CSC2=N1. The summed E-state index contributed by atoms with van der Waals surface area (Å²) < 4.78 is 32.8. The molecule has 1 atom stereocenters. The molecule has 6 nitrogen and oxygen atoms in total. The van der Waals surface area contributed by atoms with Crippen molar-refractivity contribution in [3.8, 4) is 0 Å². The van der Waals surface area contributed by atoms with E-state index in [4.69, 9.17) is 4.74 Å². The Kier molecular flexibility index (Phi) is 7.35. The largest absolute Gasteiger partial charge is 0.459 e. The first-order valence-corrected chi connectivity index (χ1v) is 12.0. The Hall–Kier alpha value is -3.46. The van der Waals surface area contributed by atoms with Gasteiger partial charge in [-0.3, -0.25) is 4.79 Å². The normalized spacial score (nSPS) is 17.2. The van der Waals surface area contributed by atoms with Crippen molar-refractivity contribution in [1.82, 2.24) is 10.2 Å². The lowest BCUT2D eigenvalue weighted by molar-refractivity contribution is -0.143. The molecule has 0 saturated heterocycles. The number of fused-ring (bicyclic) bond motifs is 1. The zero-order valence-electron chi connectivity index (χ0n) is 19.5. The van der Waals surface area contributed by atoms with Crippen LogP contribution in [0.5, 0.6) is 0 Å². The number of rotatable bonds is 7. The lowest BCUT2D eigenvalue weighted by Gasteiger charge is -2.36. The van der Waals surface area contributed by atoms with Crippen LogP contribution in [0.2, 0.25) is 0 Å². The topological polar surface area (TPSA) is 71.0 Å². The van der Waals surface area contributed by atoms with E-state index in [1.165, 1.54) is 36.0 Å². The quantitative estimate of drug-likeness (QED) is 0.533. The number of hydrogen-bond acceptors (Lipinski definition) is 6. The van der Waals surface area contributed by atoms with Crippen LogP contribution in [0.15, 0.2) is 75.9 Å². The fraction of sp³-hybridized carbons (Fsp3) is 0.269. The minimum Gasteiger partial charge on any atom is -0.459 e. The molecule has 0 spiro atoms. The second-order valence-electron chi connectivity index (χ2n) is 8.48. The Morgan fingerprint density at radius 3 is 2.57 bits per heavy atom. The molecule has 1 amide bonds. The van der Waals surface area contributed by atoms with Gasteiger partial charge in [0.15, 0.2) is 5.17 Å². The van der Waals surface area contributed by atoms with E-state index in [0.717, 1.165) is 5.56 Å². The predicted octanol–water partition coefficient (Wildman–Crippen LogP) is 5.20. The van der Waals surface area contributed by atoms with E-state index >= 15 is 0 Å². The molecule has 0 radical (unpaired) electrons. The maximum absolute atomic E-state index is 14.2. The minimum absolute atomic E-state index is 0.0184. The molecule has 0 aromatic heterocycles. The molecule has 9 heteroatoms. The Labute approximate surface area is 206 Å². The third-order valence-electron chi connectivity index (χ3n) is 5.47. The van der Waals surface area contributed by atoms with Gasteiger partial charge in [0.1, 0.15) is 11.6 Å². The van der Waals surface area contributed by atoms with Crippen LogP contribution < -0.4 is 5.32 Å². The molecule has 4 rings (SSSR count). The highest BCUT2D eigenvalue weighted by Gasteiger charge is 2.41. The minimum atomic E-state index is -0.699. The van der Waals surface area contributed by atoms with Gasteiger partial charge < -0.3 is 15.0 Å². The summed E-state index contributed by atoms with van der Waals surface area (Å²) in [4.78, 5) is 32.2. The average molecular weight is 498 g/mol. The molecule has 2 aromatic carbocycles. The predicted molar refractivity (Wildman–Crippen MR) is 131 cm³/mol. The number of carbonyl (C=O) groups excluding carboxylic acids is 2. The van der Waals surface area contributed by atoms with Gasteiger partial charge >= 0.3 is 5.97 Å². The van der Waals surface area contributed by atoms with Crippen molar-refractivity contribution < 1.29 is 23.1 Å². The lowest BCUT2D eigenvalue weighted by atomic mass is 9.93. The Morgan fingerprint density at radius 1 is 1.14 bits per heavy atom. The summed E-state index contributed by atoms with van der Waals surface area (Å²) in [5.41, 5.74) is 2.73. The molecule has 182 valence electrons. The summed E-state index contributed by atoms with van der Waals surface area (Å²) in [6.45, 7) is 5.48. The molecule has 0 saturated carbocycles. The summed E-state index contributed by atoms with van der Waals surface area (Å²) in [7, 11) is 0. The van der Waals surface area contributed by atoms with Crippen LogP contribution in [-0.2, 0) is 20.9 Å².